The molecule has 0 atom stereocenters. The molecule has 1 fully saturated rings. The SMILES string of the molecule is CCOC(=O)c1c(-c2cccs2)csc1NC(=O)CN1CCC(NC(C)C)CC1. The Morgan fingerprint density at radius 2 is 2.03 bits per heavy atom. The van der Waals surface area contributed by atoms with E-state index in [4.69, 9.17) is 4.74 Å². The van der Waals surface area contributed by atoms with Gasteiger partial charge in [0.05, 0.1) is 13.2 Å². The third kappa shape index (κ3) is 5.88. The average molecular weight is 436 g/mol. The van der Waals surface area contributed by atoms with Crippen LogP contribution in [0.15, 0.2) is 22.9 Å². The number of anilines is 1. The molecule has 8 heteroatoms. The lowest BCUT2D eigenvalue weighted by molar-refractivity contribution is -0.117. The van der Waals surface area contributed by atoms with Gasteiger partial charge in [-0.2, -0.15) is 0 Å². The minimum Gasteiger partial charge on any atom is -0.462 e. The van der Waals surface area contributed by atoms with Crippen LogP contribution in [0.3, 0.4) is 0 Å². The Morgan fingerprint density at radius 3 is 2.66 bits per heavy atom. The van der Waals surface area contributed by atoms with Gasteiger partial charge in [-0.3, -0.25) is 9.69 Å². The van der Waals surface area contributed by atoms with Crippen LogP contribution in [0.2, 0.25) is 0 Å². The lowest BCUT2D eigenvalue weighted by Gasteiger charge is -2.32. The van der Waals surface area contributed by atoms with Gasteiger partial charge >= 0.3 is 5.97 Å². The fraction of sp³-hybridized carbons (Fsp3) is 0.524. The van der Waals surface area contributed by atoms with E-state index in [1.54, 1.807) is 18.3 Å². The summed E-state index contributed by atoms with van der Waals surface area (Å²) in [6.07, 6.45) is 2.09. The maximum Gasteiger partial charge on any atom is 0.341 e. The molecule has 0 aliphatic carbocycles. The smallest absolute Gasteiger partial charge is 0.341 e. The molecule has 1 saturated heterocycles. The Kier molecular flexibility index (Phi) is 7.83. The molecule has 1 amide bonds. The second-order valence-electron chi connectivity index (χ2n) is 7.47. The highest BCUT2D eigenvalue weighted by Gasteiger charge is 2.25. The summed E-state index contributed by atoms with van der Waals surface area (Å²) < 4.78 is 5.24. The van der Waals surface area contributed by atoms with E-state index in [0.29, 0.717) is 35.8 Å². The number of carbonyl (C=O) groups excluding carboxylic acids is 2. The Labute approximate surface area is 180 Å². The van der Waals surface area contributed by atoms with Crippen LogP contribution in [0.25, 0.3) is 10.4 Å². The van der Waals surface area contributed by atoms with Crippen LogP contribution >= 0.6 is 22.7 Å². The number of amides is 1. The van der Waals surface area contributed by atoms with Gasteiger partial charge in [-0.1, -0.05) is 19.9 Å². The topological polar surface area (TPSA) is 70.7 Å². The molecule has 6 nitrogen and oxygen atoms in total. The molecule has 3 heterocycles. The van der Waals surface area contributed by atoms with Gasteiger partial charge in [0.25, 0.3) is 0 Å². The third-order valence-electron chi connectivity index (χ3n) is 4.83. The monoisotopic (exact) mass is 435 g/mol. The van der Waals surface area contributed by atoms with Crippen molar-refractivity contribution >= 4 is 39.6 Å². The summed E-state index contributed by atoms with van der Waals surface area (Å²) in [5.41, 5.74) is 1.27. The summed E-state index contributed by atoms with van der Waals surface area (Å²) >= 11 is 2.93. The van der Waals surface area contributed by atoms with Gasteiger partial charge in [0, 0.05) is 41.0 Å². The quantitative estimate of drug-likeness (QED) is 0.612. The second kappa shape index (κ2) is 10.3. The van der Waals surface area contributed by atoms with Crippen LogP contribution in [0, 0.1) is 0 Å². The van der Waals surface area contributed by atoms with Crippen molar-refractivity contribution in [3.05, 3.63) is 28.5 Å². The van der Waals surface area contributed by atoms with Gasteiger partial charge in [0.2, 0.25) is 5.91 Å². The molecule has 1 aliphatic heterocycles. The Balaban J connectivity index is 1.64. The van der Waals surface area contributed by atoms with Gasteiger partial charge in [-0.25, -0.2) is 4.79 Å². The zero-order chi connectivity index (χ0) is 20.8. The van der Waals surface area contributed by atoms with E-state index in [1.807, 2.05) is 22.9 Å². The number of ether oxygens (including phenoxy) is 1. The van der Waals surface area contributed by atoms with Crippen molar-refractivity contribution in [3.63, 3.8) is 0 Å². The summed E-state index contributed by atoms with van der Waals surface area (Å²) in [5, 5.41) is 11.0. The van der Waals surface area contributed by atoms with Crippen LogP contribution < -0.4 is 10.6 Å². The maximum atomic E-state index is 12.7. The molecule has 2 N–H and O–H groups in total. The molecule has 158 valence electrons. The Hall–Kier alpha value is -1.74. The molecule has 2 aromatic rings. The van der Waals surface area contributed by atoms with Crippen molar-refractivity contribution in [1.82, 2.24) is 10.2 Å². The van der Waals surface area contributed by atoms with E-state index >= 15 is 0 Å². The molecule has 3 rings (SSSR count). The maximum absolute atomic E-state index is 12.7. The summed E-state index contributed by atoms with van der Waals surface area (Å²) in [7, 11) is 0. The standard InChI is InChI=1S/C21H29N3O3S2/c1-4-27-21(26)19-16(17-6-5-11-28-17)13-29-20(19)23-18(25)12-24-9-7-15(8-10-24)22-14(2)3/h5-6,11,13-15,22H,4,7-10,12H2,1-3H3,(H,23,25). The zero-order valence-corrected chi connectivity index (χ0v) is 18.8. The largest absolute Gasteiger partial charge is 0.462 e. The number of hydrogen-bond donors (Lipinski definition) is 2. The molecule has 2 aromatic heterocycles. The fourth-order valence-corrected chi connectivity index (χ4v) is 5.36. The fourth-order valence-electron chi connectivity index (χ4n) is 3.57. The van der Waals surface area contributed by atoms with Crippen LogP contribution in [0.5, 0.6) is 0 Å². The minimum atomic E-state index is -0.395. The van der Waals surface area contributed by atoms with Gasteiger partial charge in [-0.05, 0) is 31.2 Å². The van der Waals surface area contributed by atoms with Crippen molar-refractivity contribution in [1.29, 1.82) is 0 Å². The molecule has 0 saturated carbocycles. The normalized spacial score (nSPS) is 15.6. The molecule has 0 unspecified atom stereocenters. The molecule has 0 aromatic carbocycles. The van der Waals surface area contributed by atoms with E-state index < -0.39 is 5.97 Å². The highest BCUT2D eigenvalue weighted by atomic mass is 32.1. The summed E-state index contributed by atoms with van der Waals surface area (Å²) in [5.74, 6) is -0.488. The van der Waals surface area contributed by atoms with E-state index in [2.05, 4.69) is 29.4 Å². The highest BCUT2D eigenvalue weighted by Crippen LogP contribution is 2.38. The lowest BCUT2D eigenvalue weighted by atomic mass is 10.0. The van der Waals surface area contributed by atoms with Crippen molar-refractivity contribution in [2.75, 3.05) is 31.6 Å². The predicted octanol–water partition coefficient (Wildman–Crippen LogP) is 4.05. The first kappa shape index (κ1) is 22.0. The first-order valence-corrected chi connectivity index (χ1v) is 11.8. The third-order valence-corrected chi connectivity index (χ3v) is 6.63. The summed E-state index contributed by atoms with van der Waals surface area (Å²) in [6.45, 7) is 8.53. The van der Waals surface area contributed by atoms with Crippen molar-refractivity contribution < 1.29 is 14.3 Å². The number of carbonyl (C=O) groups is 2. The van der Waals surface area contributed by atoms with Crippen LogP contribution in [0.1, 0.15) is 44.0 Å². The number of thiophene rings is 2. The average Bonchev–Trinajstić information content (AvgIpc) is 3.32. The molecule has 29 heavy (non-hydrogen) atoms. The molecule has 0 radical (unpaired) electrons. The number of esters is 1. The molecular formula is C21H29N3O3S2. The zero-order valence-electron chi connectivity index (χ0n) is 17.2. The van der Waals surface area contributed by atoms with Gasteiger partial charge in [0.15, 0.2) is 0 Å². The van der Waals surface area contributed by atoms with E-state index in [9.17, 15) is 9.59 Å². The van der Waals surface area contributed by atoms with Crippen molar-refractivity contribution in [2.24, 2.45) is 0 Å². The summed E-state index contributed by atoms with van der Waals surface area (Å²) in [6, 6.07) is 4.92. The first-order chi connectivity index (χ1) is 14.0. The Bertz CT molecular complexity index is 809. The van der Waals surface area contributed by atoms with Crippen LogP contribution in [-0.4, -0.2) is 55.1 Å². The number of nitrogens with zero attached hydrogens (tertiary/aromatic N) is 1. The van der Waals surface area contributed by atoms with Gasteiger partial charge in [0.1, 0.15) is 10.6 Å². The van der Waals surface area contributed by atoms with Crippen molar-refractivity contribution in [2.45, 2.75) is 45.7 Å². The Morgan fingerprint density at radius 1 is 1.28 bits per heavy atom. The molecule has 1 aliphatic rings. The van der Waals surface area contributed by atoms with E-state index in [1.165, 1.54) is 11.3 Å². The minimum absolute atomic E-state index is 0.0922. The number of likely N-dealkylation sites (tertiary alicyclic amines) is 1. The molecule has 0 spiro atoms. The number of rotatable bonds is 8. The van der Waals surface area contributed by atoms with Crippen LogP contribution in [-0.2, 0) is 9.53 Å². The number of piperidine rings is 1. The summed E-state index contributed by atoms with van der Waals surface area (Å²) in [4.78, 5) is 28.4. The van der Waals surface area contributed by atoms with Crippen LogP contribution in [0.4, 0.5) is 5.00 Å². The lowest BCUT2D eigenvalue weighted by Crippen LogP contribution is -2.46. The predicted molar refractivity (Wildman–Crippen MR) is 120 cm³/mol. The van der Waals surface area contributed by atoms with Gasteiger partial charge < -0.3 is 15.4 Å². The molecular weight excluding hydrogens is 406 g/mol. The van der Waals surface area contributed by atoms with Gasteiger partial charge in [-0.15, -0.1) is 22.7 Å². The first-order valence-electron chi connectivity index (χ1n) is 10.1. The number of hydrogen-bond acceptors (Lipinski definition) is 7. The highest BCUT2D eigenvalue weighted by molar-refractivity contribution is 7.17. The number of nitrogens with one attached hydrogen (secondary N) is 2. The molecule has 0 bridgehead atoms. The van der Waals surface area contributed by atoms with E-state index in [0.717, 1.165) is 36.4 Å². The van der Waals surface area contributed by atoms with E-state index in [-0.39, 0.29) is 5.91 Å². The van der Waals surface area contributed by atoms with Crippen molar-refractivity contribution in [3.8, 4) is 10.4 Å². The second-order valence-corrected chi connectivity index (χ2v) is 9.30.